The van der Waals surface area contributed by atoms with Crippen molar-refractivity contribution in [3.63, 3.8) is 0 Å². The first-order valence-corrected chi connectivity index (χ1v) is 10.3. The Hall–Kier alpha value is -3.09. The van der Waals surface area contributed by atoms with Crippen LogP contribution in [0.5, 0.6) is 11.6 Å². The highest BCUT2D eigenvalue weighted by Crippen LogP contribution is 2.33. The molecule has 6 nitrogen and oxygen atoms in total. The van der Waals surface area contributed by atoms with E-state index in [1.165, 1.54) is 19.2 Å². The van der Waals surface area contributed by atoms with Gasteiger partial charge >= 0.3 is 0 Å². The lowest BCUT2D eigenvalue weighted by Crippen LogP contribution is -2.29. The zero-order valence-electron chi connectivity index (χ0n) is 17.0. The van der Waals surface area contributed by atoms with Gasteiger partial charge in [-0.2, -0.15) is 0 Å². The predicted molar refractivity (Wildman–Crippen MR) is 122 cm³/mol. The number of ether oxygens (including phenoxy) is 1. The van der Waals surface area contributed by atoms with Crippen molar-refractivity contribution in [1.29, 1.82) is 0 Å². The van der Waals surface area contributed by atoms with Crippen molar-refractivity contribution in [3.05, 3.63) is 82.0 Å². The van der Waals surface area contributed by atoms with Crippen LogP contribution in [-0.2, 0) is 9.59 Å². The molecule has 3 aromatic rings. The first-order valence-electron chi connectivity index (χ1n) is 9.53. The maximum Gasteiger partial charge on any atom is 0.238 e. The van der Waals surface area contributed by atoms with Gasteiger partial charge in [0, 0.05) is 13.1 Å². The second-order valence-corrected chi connectivity index (χ2v) is 7.80. The molecular formula is C23H21Cl2N3O3. The number of hydrogen-bond donors (Lipinski definition) is 2. The summed E-state index contributed by atoms with van der Waals surface area (Å²) in [6.07, 6.45) is 1.47. The third kappa shape index (κ3) is 6.44. The Labute approximate surface area is 190 Å². The van der Waals surface area contributed by atoms with Gasteiger partial charge in [-0.05, 0) is 30.7 Å². The standard InChI is InChI=1S/C23H21Cl2N3O3/c1-14-7-9-16(10-8-14)20(27-15(2)29)12-22(30)28-19-5-3-4-6-21(19)31-23-18(25)11-17(24)13-26-23/h3-11,13,20H,12H2,1-2H3,(H,27,29)(H,28,30). The summed E-state index contributed by atoms with van der Waals surface area (Å²) in [5, 5.41) is 6.30. The van der Waals surface area contributed by atoms with E-state index in [2.05, 4.69) is 15.6 Å². The van der Waals surface area contributed by atoms with Gasteiger partial charge in [-0.25, -0.2) is 4.98 Å². The molecule has 0 fully saturated rings. The highest BCUT2D eigenvalue weighted by Gasteiger charge is 2.19. The molecule has 3 rings (SSSR count). The van der Waals surface area contributed by atoms with E-state index in [1.807, 2.05) is 31.2 Å². The molecule has 0 saturated heterocycles. The van der Waals surface area contributed by atoms with Crippen molar-refractivity contribution in [2.24, 2.45) is 0 Å². The number of halogens is 2. The summed E-state index contributed by atoms with van der Waals surface area (Å²) in [5.74, 6) is 0.0404. The Morgan fingerprint density at radius 2 is 1.81 bits per heavy atom. The molecule has 1 atom stereocenters. The zero-order chi connectivity index (χ0) is 22.4. The lowest BCUT2D eigenvalue weighted by atomic mass is 10.0. The second-order valence-electron chi connectivity index (χ2n) is 6.95. The Bertz CT molecular complexity index is 1090. The van der Waals surface area contributed by atoms with E-state index < -0.39 is 6.04 Å². The molecule has 2 N–H and O–H groups in total. The molecular weight excluding hydrogens is 437 g/mol. The molecule has 2 amide bonds. The van der Waals surface area contributed by atoms with Crippen LogP contribution < -0.4 is 15.4 Å². The number of rotatable bonds is 7. The highest BCUT2D eigenvalue weighted by atomic mass is 35.5. The minimum atomic E-state index is -0.460. The summed E-state index contributed by atoms with van der Waals surface area (Å²) in [7, 11) is 0. The van der Waals surface area contributed by atoms with Crippen LogP contribution in [-0.4, -0.2) is 16.8 Å². The van der Waals surface area contributed by atoms with Crippen molar-refractivity contribution in [3.8, 4) is 11.6 Å². The molecule has 0 bridgehead atoms. The van der Waals surface area contributed by atoms with E-state index in [-0.39, 0.29) is 29.1 Å². The van der Waals surface area contributed by atoms with E-state index >= 15 is 0 Å². The Morgan fingerprint density at radius 3 is 2.48 bits per heavy atom. The predicted octanol–water partition coefficient (Wildman–Crippen LogP) is 5.70. The third-order valence-electron chi connectivity index (χ3n) is 4.39. The first kappa shape index (κ1) is 22.6. The Morgan fingerprint density at radius 1 is 1.10 bits per heavy atom. The number of anilines is 1. The summed E-state index contributed by atoms with van der Waals surface area (Å²) >= 11 is 12.0. The molecule has 1 unspecified atom stereocenters. The van der Waals surface area contributed by atoms with Crippen LogP contribution in [0.2, 0.25) is 10.0 Å². The van der Waals surface area contributed by atoms with Gasteiger partial charge < -0.3 is 15.4 Å². The molecule has 31 heavy (non-hydrogen) atoms. The van der Waals surface area contributed by atoms with E-state index in [9.17, 15) is 9.59 Å². The number of carbonyl (C=O) groups is 2. The number of aromatic nitrogens is 1. The summed E-state index contributed by atoms with van der Waals surface area (Å²) in [4.78, 5) is 28.5. The zero-order valence-corrected chi connectivity index (χ0v) is 18.5. The van der Waals surface area contributed by atoms with Gasteiger partial charge in [0.2, 0.25) is 17.7 Å². The van der Waals surface area contributed by atoms with Gasteiger partial charge in [-0.15, -0.1) is 0 Å². The lowest BCUT2D eigenvalue weighted by Gasteiger charge is -2.19. The van der Waals surface area contributed by atoms with Gasteiger partial charge in [0.1, 0.15) is 5.02 Å². The minimum Gasteiger partial charge on any atom is -0.435 e. The van der Waals surface area contributed by atoms with Crippen LogP contribution in [0.25, 0.3) is 0 Å². The SMILES string of the molecule is CC(=O)NC(CC(=O)Nc1ccccc1Oc1ncc(Cl)cc1Cl)c1ccc(C)cc1. The van der Waals surface area contributed by atoms with E-state index in [4.69, 9.17) is 27.9 Å². The maximum atomic E-state index is 12.8. The number of nitrogens with zero attached hydrogens (tertiary/aromatic N) is 1. The molecule has 160 valence electrons. The van der Waals surface area contributed by atoms with Crippen LogP contribution in [0.1, 0.15) is 30.5 Å². The number of nitrogens with one attached hydrogen (secondary N) is 2. The number of pyridine rings is 1. The highest BCUT2D eigenvalue weighted by molar-refractivity contribution is 6.35. The number of hydrogen-bond acceptors (Lipinski definition) is 4. The fourth-order valence-corrected chi connectivity index (χ4v) is 3.34. The fraction of sp³-hybridized carbons (Fsp3) is 0.174. The molecule has 0 aliphatic carbocycles. The number of benzene rings is 2. The van der Waals surface area contributed by atoms with Crippen molar-refractivity contribution >= 4 is 40.7 Å². The Balaban J connectivity index is 1.76. The smallest absolute Gasteiger partial charge is 0.238 e. The van der Waals surface area contributed by atoms with Crippen molar-refractivity contribution in [1.82, 2.24) is 10.3 Å². The van der Waals surface area contributed by atoms with Crippen LogP contribution in [0.15, 0.2) is 60.8 Å². The summed E-state index contributed by atoms with van der Waals surface area (Å²) in [5.41, 5.74) is 2.39. The largest absolute Gasteiger partial charge is 0.435 e. The van der Waals surface area contributed by atoms with Gasteiger partial charge in [-0.3, -0.25) is 9.59 Å². The van der Waals surface area contributed by atoms with Crippen molar-refractivity contribution < 1.29 is 14.3 Å². The minimum absolute atomic E-state index is 0.0525. The molecule has 0 aliphatic rings. The Kier molecular flexibility index (Phi) is 7.50. The molecule has 0 saturated carbocycles. The molecule has 0 spiro atoms. The first-order chi connectivity index (χ1) is 14.8. The van der Waals surface area contributed by atoms with Crippen LogP contribution in [0, 0.1) is 6.92 Å². The van der Waals surface area contributed by atoms with Gasteiger partial charge in [0.05, 0.1) is 23.2 Å². The average molecular weight is 458 g/mol. The summed E-state index contributed by atoms with van der Waals surface area (Å²) in [6.45, 7) is 3.40. The number of carbonyl (C=O) groups excluding carboxylic acids is 2. The summed E-state index contributed by atoms with van der Waals surface area (Å²) < 4.78 is 5.78. The third-order valence-corrected chi connectivity index (χ3v) is 4.87. The molecule has 1 heterocycles. The molecule has 0 aliphatic heterocycles. The topological polar surface area (TPSA) is 80.3 Å². The van der Waals surface area contributed by atoms with Crippen molar-refractivity contribution in [2.75, 3.05) is 5.32 Å². The van der Waals surface area contributed by atoms with E-state index in [1.54, 1.807) is 24.3 Å². The average Bonchev–Trinajstić information content (AvgIpc) is 2.71. The maximum absolute atomic E-state index is 12.8. The number of amides is 2. The monoisotopic (exact) mass is 457 g/mol. The molecule has 2 aromatic carbocycles. The van der Waals surface area contributed by atoms with E-state index in [0.717, 1.165) is 11.1 Å². The van der Waals surface area contributed by atoms with Crippen LogP contribution in [0.3, 0.4) is 0 Å². The van der Waals surface area contributed by atoms with Gasteiger partial charge in [0.15, 0.2) is 5.75 Å². The lowest BCUT2D eigenvalue weighted by molar-refractivity contribution is -0.120. The van der Waals surface area contributed by atoms with Crippen molar-refractivity contribution in [2.45, 2.75) is 26.3 Å². The molecule has 0 radical (unpaired) electrons. The van der Waals surface area contributed by atoms with Gasteiger partial charge in [-0.1, -0.05) is 65.2 Å². The quantitative estimate of drug-likeness (QED) is 0.476. The fourth-order valence-electron chi connectivity index (χ4n) is 2.92. The van der Waals surface area contributed by atoms with Crippen LogP contribution >= 0.6 is 23.2 Å². The van der Waals surface area contributed by atoms with Crippen LogP contribution in [0.4, 0.5) is 5.69 Å². The normalized spacial score (nSPS) is 11.5. The summed E-state index contributed by atoms with van der Waals surface area (Å²) in [6, 6.07) is 15.7. The second kappa shape index (κ2) is 10.3. The molecule has 8 heteroatoms. The number of para-hydroxylation sites is 2. The molecule has 1 aromatic heterocycles. The van der Waals surface area contributed by atoms with Gasteiger partial charge in [0.25, 0.3) is 0 Å². The number of aryl methyl sites for hydroxylation is 1. The van der Waals surface area contributed by atoms with E-state index in [0.29, 0.717) is 16.5 Å².